The number of carbonyl (C=O) groups is 2. The van der Waals surface area contributed by atoms with Crippen LogP contribution >= 0.6 is 0 Å². The third kappa shape index (κ3) is 5.47. The number of anilines is 2. The molecule has 1 aliphatic heterocycles. The molecule has 5 rings (SSSR count). The summed E-state index contributed by atoms with van der Waals surface area (Å²) in [6.07, 6.45) is 1.83. The monoisotopic (exact) mass is 481 g/mol. The second-order valence-corrected chi connectivity index (χ2v) is 9.36. The van der Waals surface area contributed by atoms with Gasteiger partial charge in [0.1, 0.15) is 0 Å². The van der Waals surface area contributed by atoms with Crippen molar-refractivity contribution in [3.05, 3.63) is 78.5 Å². The van der Waals surface area contributed by atoms with Crippen molar-refractivity contribution in [2.75, 3.05) is 36.8 Å². The third-order valence-corrected chi connectivity index (χ3v) is 6.73. The van der Waals surface area contributed by atoms with Crippen LogP contribution in [0.25, 0.3) is 21.7 Å². The van der Waals surface area contributed by atoms with Gasteiger partial charge >= 0.3 is 6.03 Å². The smallest absolute Gasteiger partial charge is 0.319 e. The molecule has 7 heteroatoms. The molecule has 2 heterocycles. The van der Waals surface area contributed by atoms with Gasteiger partial charge in [-0.1, -0.05) is 54.6 Å². The van der Waals surface area contributed by atoms with E-state index < -0.39 is 0 Å². The number of amides is 3. The first kappa shape index (κ1) is 23.8. The lowest BCUT2D eigenvalue weighted by atomic mass is 9.96. The van der Waals surface area contributed by atoms with E-state index in [2.05, 4.69) is 38.0 Å². The van der Waals surface area contributed by atoms with Gasteiger partial charge < -0.3 is 20.9 Å². The molecule has 3 N–H and O–H groups in total. The third-order valence-electron chi connectivity index (χ3n) is 6.73. The Hall–Kier alpha value is -3.97. The number of likely N-dealkylation sites (tertiary alicyclic amines) is 1. The van der Waals surface area contributed by atoms with E-state index in [1.807, 2.05) is 67.6 Å². The normalized spacial score (nSPS) is 16.1. The fourth-order valence-electron chi connectivity index (χ4n) is 4.95. The van der Waals surface area contributed by atoms with Crippen LogP contribution in [0.2, 0.25) is 0 Å². The number of pyridine rings is 1. The molecule has 0 saturated carbocycles. The molecule has 1 aliphatic rings. The maximum Gasteiger partial charge on any atom is 0.319 e. The number of carbonyl (C=O) groups excluding carboxylic acids is 2. The van der Waals surface area contributed by atoms with E-state index in [0.29, 0.717) is 19.6 Å². The van der Waals surface area contributed by atoms with Crippen LogP contribution in [0.15, 0.2) is 72.8 Å². The first-order valence-corrected chi connectivity index (χ1v) is 12.5. The Kier molecular flexibility index (Phi) is 7.09. The van der Waals surface area contributed by atoms with Crippen LogP contribution in [0.4, 0.5) is 16.2 Å². The lowest BCUT2D eigenvalue weighted by molar-refractivity contribution is -0.121. The fraction of sp³-hybridized carbons (Fsp3) is 0.276. The van der Waals surface area contributed by atoms with Crippen LogP contribution in [-0.2, 0) is 4.79 Å². The highest BCUT2D eigenvalue weighted by Crippen LogP contribution is 2.25. The number of aromatic nitrogens is 1. The lowest BCUT2D eigenvalue weighted by Gasteiger charge is -2.32. The quantitative estimate of drug-likeness (QED) is 0.355. The van der Waals surface area contributed by atoms with E-state index in [9.17, 15) is 9.59 Å². The second-order valence-electron chi connectivity index (χ2n) is 9.36. The molecule has 1 saturated heterocycles. The molecule has 0 bridgehead atoms. The molecule has 7 nitrogen and oxygen atoms in total. The summed E-state index contributed by atoms with van der Waals surface area (Å²) in [7, 11) is 0. The van der Waals surface area contributed by atoms with Crippen LogP contribution in [0.3, 0.4) is 0 Å². The van der Waals surface area contributed by atoms with Gasteiger partial charge in [0.15, 0.2) is 0 Å². The van der Waals surface area contributed by atoms with Crippen molar-refractivity contribution in [3.8, 4) is 0 Å². The number of nitrogens with one attached hydrogen (secondary N) is 3. The lowest BCUT2D eigenvalue weighted by Crippen LogP contribution is -2.44. The SMILES string of the molecule is Cc1cc(NC(=O)NCCN2CCCC(C(=O)Nc3cccc4ccccc34)C2)c2ccccc2n1. The second kappa shape index (κ2) is 10.7. The number of hydrogen-bond donors (Lipinski definition) is 3. The molecule has 0 aliphatic carbocycles. The van der Waals surface area contributed by atoms with Crippen molar-refractivity contribution in [1.82, 2.24) is 15.2 Å². The van der Waals surface area contributed by atoms with Crippen molar-refractivity contribution >= 4 is 45.0 Å². The summed E-state index contributed by atoms with van der Waals surface area (Å²) >= 11 is 0. The molecule has 3 aromatic carbocycles. The highest BCUT2D eigenvalue weighted by atomic mass is 16.2. The average Bonchev–Trinajstić information content (AvgIpc) is 2.89. The number of piperidine rings is 1. The minimum absolute atomic E-state index is 0.0571. The fourth-order valence-corrected chi connectivity index (χ4v) is 4.95. The van der Waals surface area contributed by atoms with Crippen LogP contribution in [0.5, 0.6) is 0 Å². The van der Waals surface area contributed by atoms with Crippen molar-refractivity contribution in [2.45, 2.75) is 19.8 Å². The van der Waals surface area contributed by atoms with E-state index in [1.54, 1.807) is 0 Å². The molecular formula is C29H31N5O2. The molecule has 1 aromatic heterocycles. The number of rotatable bonds is 6. The summed E-state index contributed by atoms with van der Waals surface area (Å²) in [6.45, 7) is 4.73. The van der Waals surface area contributed by atoms with E-state index in [0.717, 1.165) is 58.1 Å². The molecule has 4 aromatic rings. The molecule has 1 atom stereocenters. The minimum Gasteiger partial charge on any atom is -0.337 e. The van der Waals surface area contributed by atoms with Gasteiger partial charge in [0.2, 0.25) is 5.91 Å². The number of benzene rings is 3. The Morgan fingerprint density at radius 2 is 1.72 bits per heavy atom. The van der Waals surface area contributed by atoms with Crippen molar-refractivity contribution in [3.63, 3.8) is 0 Å². The van der Waals surface area contributed by atoms with E-state index >= 15 is 0 Å². The van der Waals surface area contributed by atoms with Gasteiger partial charge in [0.25, 0.3) is 0 Å². The number of nitrogens with zero attached hydrogens (tertiary/aromatic N) is 2. The molecule has 1 fully saturated rings. The van der Waals surface area contributed by atoms with Crippen LogP contribution in [0, 0.1) is 12.8 Å². The van der Waals surface area contributed by atoms with E-state index in [1.165, 1.54) is 0 Å². The van der Waals surface area contributed by atoms with Crippen LogP contribution < -0.4 is 16.0 Å². The Bertz CT molecular complexity index is 1400. The van der Waals surface area contributed by atoms with E-state index in [-0.39, 0.29) is 17.9 Å². The van der Waals surface area contributed by atoms with Crippen LogP contribution in [-0.4, -0.2) is 48.0 Å². The zero-order valence-corrected chi connectivity index (χ0v) is 20.5. The van der Waals surface area contributed by atoms with Crippen molar-refractivity contribution in [1.29, 1.82) is 0 Å². The van der Waals surface area contributed by atoms with Gasteiger partial charge in [-0.15, -0.1) is 0 Å². The molecular weight excluding hydrogens is 450 g/mol. The molecule has 184 valence electrons. The largest absolute Gasteiger partial charge is 0.337 e. The number of fused-ring (bicyclic) bond motifs is 2. The van der Waals surface area contributed by atoms with Gasteiger partial charge in [0, 0.05) is 41.8 Å². The van der Waals surface area contributed by atoms with E-state index in [4.69, 9.17) is 0 Å². The van der Waals surface area contributed by atoms with Gasteiger partial charge in [-0.3, -0.25) is 9.78 Å². The maximum absolute atomic E-state index is 13.1. The highest BCUT2D eigenvalue weighted by Gasteiger charge is 2.26. The maximum atomic E-state index is 13.1. The Morgan fingerprint density at radius 1 is 0.944 bits per heavy atom. The predicted molar refractivity (Wildman–Crippen MR) is 145 cm³/mol. The number of aryl methyl sites for hydroxylation is 1. The standard InChI is InChI=1S/C29H31N5O2/c1-20-18-27(24-12-4-5-13-26(24)31-20)33-29(36)30-15-17-34-16-7-10-22(19-34)28(35)32-25-14-6-9-21-8-2-3-11-23(21)25/h2-6,8-9,11-14,18,22H,7,10,15-17,19H2,1H3,(H,32,35)(H2,30,31,33,36). The number of hydrogen-bond acceptors (Lipinski definition) is 4. The van der Waals surface area contributed by atoms with Crippen molar-refractivity contribution < 1.29 is 9.59 Å². The van der Waals surface area contributed by atoms with Gasteiger partial charge in [0.05, 0.1) is 17.1 Å². The minimum atomic E-state index is -0.243. The first-order valence-electron chi connectivity index (χ1n) is 12.5. The van der Waals surface area contributed by atoms with Crippen molar-refractivity contribution in [2.24, 2.45) is 5.92 Å². The number of para-hydroxylation sites is 1. The average molecular weight is 482 g/mol. The molecule has 36 heavy (non-hydrogen) atoms. The van der Waals surface area contributed by atoms with Gasteiger partial charge in [-0.25, -0.2) is 4.79 Å². The molecule has 0 spiro atoms. The topological polar surface area (TPSA) is 86.4 Å². The molecule has 1 unspecified atom stereocenters. The summed E-state index contributed by atoms with van der Waals surface area (Å²) in [6, 6.07) is 23.5. The Morgan fingerprint density at radius 3 is 2.61 bits per heavy atom. The first-order chi connectivity index (χ1) is 17.6. The van der Waals surface area contributed by atoms with Gasteiger partial charge in [-0.05, 0) is 49.9 Å². The Labute approximate surface area is 210 Å². The summed E-state index contributed by atoms with van der Waals surface area (Å²) in [4.78, 5) is 32.4. The highest BCUT2D eigenvalue weighted by molar-refractivity contribution is 6.03. The summed E-state index contributed by atoms with van der Waals surface area (Å²) in [5, 5.41) is 12.1. The zero-order chi connectivity index (χ0) is 24.9. The number of urea groups is 1. The zero-order valence-electron chi connectivity index (χ0n) is 20.5. The van der Waals surface area contributed by atoms with Crippen LogP contribution in [0.1, 0.15) is 18.5 Å². The molecule has 3 amide bonds. The summed E-state index contributed by atoms with van der Waals surface area (Å²) in [5.74, 6) is -0.0145. The van der Waals surface area contributed by atoms with Gasteiger partial charge in [-0.2, -0.15) is 0 Å². The summed E-state index contributed by atoms with van der Waals surface area (Å²) < 4.78 is 0. The summed E-state index contributed by atoms with van der Waals surface area (Å²) in [5.41, 5.74) is 3.31. The predicted octanol–water partition coefficient (Wildman–Crippen LogP) is 5.17. The molecule has 0 radical (unpaired) electrons. The Balaban J connectivity index is 1.13.